The van der Waals surface area contributed by atoms with E-state index in [9.17, 15) is 0 Å². The molecule has 1 fully saturated rings. The summed E-state index contributed by atoms with van der Waals surface area (Å²) in [5, 5.41) is 7.92. The molecule has 1 aliphatic carbocycles. The second-order valence-electron chi connectivity index (χ2n) is 3.54. The van der Waals surface area contributed by atoms with Crippen LogP contribution in [0.1, 0.15) is 31.4 Å². The van der Waals surface area contributed by atoms with Crippen LogP contribution in [0, 0.1) is 6.92 Å². The van der Waals surface area contributed by atoms with Crippen molar-refractivity contribution in [1.82, 2.24) is 10.2 Å². The Labute approximate surface area is 78.1 Å². The minimum atomic E-state index is 0.372. The summed E-state index contributed by atoms with van der Waals surface area (Å²) in [5.41, 5.74) is 0.929. The van der Waals surface area contributed by atoms with Crippen molar-refractivity contribution < 1.29 is 4.74 Å². The zero-order chi connectivity index (χ0) is 9.10. The molecule has 0 unspecified atom stereocenters. The highest BCUT2D eigenvalue weighted by Gasteiger charge is 2.16. The van der Waals surface area contributed by atoms with Crippen LogP contribution in [0.25, 0.3) is 0 Å². The highest BCUT2D eigenvalue weighted by molar-refractivity contribution is 5.10. The quantitative estimate of drug-likeness (QED) is 0.695. The molecule has 0 N–H and O–H groups in total. The number of hydrogen-bond acceptors (Lipinski definition) is 3. The Bertz CT molecular complexity index is 265. The lowest BCUT2D eigenvalue weighted by Crippen LogP contribution is -2.12. The van der Waals surface area contributed by atoms with Crippen molar-refractivity contribution in [2.24, 2.45) is 0 Å². The van der Waals surface area contributed by atoms with Crippen LogP contribution < -0.4 is 4.74 Å². The largest absolute Gasteiger partial charge is 0.473 e. The van der Waals surface area contributed by atoms with Gasteiger partial charge in [0, 0.05) is 6.07 Å². The molecule has 13 heavy (non-hydrogen) atoms. The van der Waals surface area contributed by atoms with Gasteiger partial charge < -0.3 is 4.74 Å². The number of aromatic nitrogens is 2. The first-order valence-corrected chi connectivity index (χ1v) is 4.81. The van der Waals surface area contributed by atoms with Crippen LogP contribution in [0.3, 0.4) is 0 Å². The molecule has 1 aromatic heterocycles. The van der Waals surface area contributed by atoms with Gasteiger partial charge in [0.05, 0.1) is 5.69 Å². The fourth-order valence-corrected chi connectivity index (χ4v) is 1.63. The molecule has 0 atom stereocenters. The average molecular weight is 178 g/mol. The molecule has 3 nitrogen and oxygen atoms in total. The number of rotatable bonds is 2. The Hall–Kier alpha value is -1.12. The lowest BCUT2D eigenvalue weighted by Gasteiger charge is -2.10. The zero-order valence-electron chi connectivity index (χ0n) is 7.86. The van der Waals surface area contributed by atoms with Gasteiger partial charge in [-0.25, -0.2) is 0 Å². The van der Waals surface area contributed by atoms with E-state index in [4.69, 9.17) is 4.74 Å². The zero-order valence-corrected chi connectivity index (χ0v) is 7.86. The molecule has 0 amide bonds. The molecule has 0 bridgehead atoms. The van der Waals surface area contributed by atoms with Gasteiger partial charge in [0.25, 0.3) is 0 Å². The lowest BCUT2D eigenvalue weighted by molar-refractivity contribution is 0.199. The van der Waals surface area contributed by atoms with Crippen molar-refractivity contribution in [2.45, 2.75) is 38.7 Å². The molecule has 0 saturated heterocycles. The number of nitrogens with zero attached hydrogens (tertiary/aromatic N) is 2. The second kappa shape index (κ2) is 3.73. The van der Waals surface area contributed by atoms with Crippen molar-refractivity contribution in [2.75, 3.05) is 0 Å². The molecule has 1 aromatic rings. The number of aryl methyl sites for hydroxylation is 1. The maximum atomic E-state index is 5.66. The predicted octanol–water partition coefficient (Wildman–Crippen LogP) is 2.11. The molecular weight excluding hydrogens is 164 g/mol. The lowest BCUT2D eigenvalue weighted by atomic mass is 10.3. The molecule has 0 spiro atoms. The normalized spacial score (nSPS) is 17.6. The molecule has 0 aromatic carbocycles. The topological polar surface area (TPSA) is 35.0 Å². The van der Waals surface area contributed by atoms with Crippen molar-refractivity contribution in [3.63, 3.8) is 0 Å². The fourth-order valence-electron chi connectivity index (χ4n) is 1.63. The highest BCUT2D eigenvalue weighted by Crippen LogP contribution is 2.22. The van der Waals surface area contributed by atoms with Crippen molar-refractivity contribution in [3.05, 3.63) is 17.8 Å². The van der Waals surface area contributed by atoms with E-state index in [1.54, 1.807) is 0 Å². The van der Waals surface area contributed by atoms with E-state index in [1.165, 1.54) is 12.8 Å². The molecule has 1 saturated carbocycles. The summed E-state index contributed by atoms with van der Waals surface area (Å²) in [4.78, 5) is 0. The van der Waals surface area contributed by atoms with Gasteiger partial charge in [-0.15, -0.1) is 5.10 Å². The van der Waals surface area contributed by atoms with Crippen molar-refractivity contribution in [1.29, 1.82) is 0 Å². The van der Waals surface area contributed by atoms with E-state index < -0.39 is 0 Å². The van der Waals surface area contributed by atoms with Crippen molar-refractivity contribution >= 4 is 0 Å². The Kier molecular flexibility index (Phi) is 2.43. The minimum absolute atomic E-state index is 0.372. The summed E-state index contributed by atoms with van der Waals surface area (Å²) in [5.74, 6) is 0.664. The third kappa shape index (κ3) is 2.17. The van der Waals surface area contributed by atoms with Gasteiger partial charge in [-0.05, 0) is 38.7 Å². The molecular formula is C10H14N2O. The van der Waals surface area contributed by atoms with Crippen LogP contribution in [0.15, 0.2) is 12.1 Å². The van der Waals surface area contributed by atoms with Crippen LogP contribution in [0.5, 0.6) is 5.88 Å². The third-order valence-corrected chi connectivity index (χ3v) is 2.36. The van der Waals surface area contributed by atoms with Gasteiger partial charge in [0.2, 0.25) is 5.88 Å². The van der Waals surface area contributed by atoms with E-state index in [2.05, 4.69) is 10.2 Å². The van der Waals surface area contributed by atoms with Crippen LogP contribution in [-0.2, 0) is 0 Å². The van der Waals surface area contributed by atoms with Crippen LogP contribution in [0.2, 0.25) is 0 Å². The predicted molar refractivity (Wildman–Crippen MR) is 49.7 cm³/mol. The molecule has 1 heterocycles. The van der Waals surface area contributed by atoms with Crippen LogP contribution in [0.4, 0.5) is 0 Å². The maximum absolute atomic E-state index is 5.66. The van der Waals surface area contributed by atoms with Gasteiger partial charge in [-0.1, -0.05) is 0 Å². The summed E-state index contributed by atoms with van der Waals surface area (Å²) >= 11 is 0. The number of ether oxygens (including phenoxy) is 1. The Morgan fingerprint density at radius 3 is 2.62 bits per heavy atom. The number of hydrogen-bond donors (Lipinski definition) is 0. The smallest absolute Gasteiger partial charge is 0.233 e. The highest BCUT2D eigenvalue weighted by atomic mass is 16.5. The fraction of sp³-hybridized carbons (Fsp3) is 0.600. The van der Waals surface area contributed by atoms with Gasteiger partial charge >= 0.3 is 0 Å². The van der Waals surface area contributed by atoms with Gasteiger partial charge in [-0.3, -0.25) is 0 Å². The summed E-state index contributed by atoms with van der Waals surface area (Å²) in [6, 6.07) is 3.82. The van der Waals surface area contributed by atoms with Gasteiger partial charge in [0.1, 0.15) is 6.10 Å². The van der Waals surface area contributed by atoms with Crippen LogP contribution >= 0.6 is 0 Å². The Morgan fingerprint density at radius 2 is 2.00 bits per heavy atom. The maximum Gasteiger partial charge on any atom is 0.233 e. The van der Waals surface area contributed by atoms with E-state index >= 15 is 0 Å². The monoisotopic (exact) mass is 178 g/mol. The Balaban J connectivity index is 1.97. The molecule has 70 valence electrons. The molecule has 0 radical (unpaired) electrons. The summed E-state index contributed by atoms with van der Waals surface area (Å²) < 4.78 is 5.66. The van der Waals surface area contributed by atoms with E-state index in [1.807, 2.05) is 19.1 Å². The molecule has 1 aliphatic rings. The standard InChI is InChI=1S/C10H14N2O/c1-8-6-7-10(12-11-8)13-9-4-2-3-5-9/h6-7,9H,2-5H2,1H3. The second-order valence-corrected chi connectivity index (χ2v) is 3.54. The molecule has 2 rings (SSSR count). The molecule has 3 heteroatoms. The first-order valence-electron chi connectivity index (χ1n) is 4.81. The van der Waals surface area contributed by atoms with Crippen molar-refractivity contribution in [3.8, 4) is 5.88 Å². The van der Waals surface area contributed by atoms with Gasteiger partial charge in [-0.2, -0.15) is 5.10 Å². The molecule has 0 aliphatic heterocycles. The van der Waals surface area contributed by atoms with Gasteiger partial charge in [0.15, 0.2) is 0 Å². The Morgan fingerprint density at radius 1 is 1.23 bits per heavy atom. The summed E-state index contributed by atoms with van der Waals surface area (Å²) in [6.45, 7) is 1.92. The third-order valence-electron chi connectivity index (χ3n) is 2.36. The van der Waals surface area contributed by atoms with E-state index in [0.717, 1.165) is 18.5 Å². The van der Waals surface area contributed by atoms with E-state index in [0.29, 0.717) is 12.0 Å². The first kappa shape index (κ1) is 8.48. The summed E-state index contributed by atoms with van der Waals surface area (Å²) in [7, 11) is 0. The van der Waals surface area contributed by atoms with Crippen LogP contribution in [-0.4, -0.2) is 16.3 Å². The minimum Gasteiger partial charge on any atom is -0.473 e. The SMILES string of the molecule is Cc1ccc(OC2CCCC2)nn1. The first-order chi connectivity index (χ1) is 6.34. The van der Waals surface area contributed by atoms with E-state index in [-0.39, 0.29) is 0 Å². The average Bonchev–Trinajstić information content (AvgIpc) is 2.62. The summed E-state index contributed by atoms with van der Waals surface area (Å²) in [6.07, 6.45) is 5.26.